The summed E-state index contributed by atoms with van der Waals surface area (Å²) in [6.45, 7) is 1.15. The molecule has 1 aliphatic heterocycles. The first-order valence-electron chi connectivity index (χ1n) is 7.60. The summed E-state index contributed by atoms with van der Waals surface area (Å²) in [5.74, 6) is -2.01. The monoisotopic (exact) mass is 339 g/mol. The molecule has 1 aliphatic rings. The molecule has 5 nitrogen and oxygen atoms in total. The number of alkyl halides is 3. The molecule has 1 fully saturated rings. The summed E-state index contributed by atoms with van der Waals surface area (Å²) in [5.41, 5.74) is 0.575. The minimum absolute atomic E-state index is 0.0436. The van der Waals surface area contributed by atoms with Crippen LogP contribution < -0.4 is 5.56 Å². The van der Waals surface area contributed by atoms with Gasteiger partial charge in [-0.2, -0.15) is 13.2 Å². The van der Waals surface area contributed by atoms with Crippen LogP contribution in [0.15, 0.2) is 35.3 Å². The van der Waals surface area contributed by atoms with Gasteiger partial charge in [0.25, 0.3) is 5.56 Å². The van der Waals surface area contributed by atoms with Crippen LogP contribution in [-0.2, 0) is 11.3 Å². The molecular weight excluding hydrogens is 323 g/mol. The smallest absolute Gasteiger partial charge is 0.338 e. The summed E-state index contributed by atoms with van der Waals surface area (Å²) in [5, 5.41) is 0. The first-order valence-corrected chi connectivity index (χ1v) is 7.60. The van der Waals surface area contributed by atoms with Crippen molar-refractivity contribution in [2.75, 3.05) is 6.54 Å². The third-order valence-electron chi connectivity index (χ3n) is 4.54. The third kappa shape index (κ3) is 2.88. The molecule has 128 valence electrons. The lowest BCUT2D eigenvalue weighted by Crippen LogP contribution is -2.42. The molecule has 1 amide bonds. The molecule has 0 radical (unpaired) electrons. The Kier molecular flexibility index (Phi) is 4.06. The van der Waals surface area contributed by atoms with Crippen molar-refractivity contribution >= 4 is 16.9 Å². The Balaban J connectivity index is 1.86. The van der Waals surface area contributed by atoms with Gasteiger partial charge in [-0.25, -0.2) is 4.98 Å². The minimum atomic E-state index is -4.32. The summed E-state index contributed by atoms with van der Waals surface area (Å²) in [7, 11) is 0. The second kappa shape index (κ2) is 5.92. The zero-order valence-corrected chi connectivity index (χ0v) is 13.0. The van der Waals surface area contributed by atoms with Crippen molar-refractivity contribution in [1.82, 2.24) is 14.5 Å². The van der Waals surface area contributed by atoms with Crippen LogP contribution in [0, 0.1) is 5.92 Å². The zero-order valence-electron chi connectivity index (χ0n) is 13.0. The van der Waals surface area contributed by atoms with Gasteiger partial charge in [0, 0.05) is 12.6 Å². The Morgan fingerprint density at radius 2 is 2.04 bits per heavy atom. The van der Waals surface area contributed by atoms with E-state index >= 15 is 0 Å². The highest BCUT2D eigenvalue weighted by molar-refractivity contribution is 5.80. The van der Waals surface area contributed by atoms with Gasteiger partial charge in [-0.05, 0) is 25.5 Å². The van der Waals surface area contributed by atoms with E-state index in [4.69, 9.17) is 0 Å². The molecule has 2 unspecified atom stereocenters. The van der Waals surface area contributed by atoms with Crippen LogP contribution in [0.1, 0.15) is 13.3 Å². The molecule has 8 heteroatoms. The lowest BCUT2D eigenvalue weighted by molar-refractivity contribution is -0.179. The molecular formula is C16H16F3N3O2. The van der Waals surface area contributed by atoms with Crippen LogP contribution in [0.2, 0.25) is 0 Å². The van der Waals surface area contributed by atoms with Gasteiger partial charge in [0.1, 0.15) is 6.54 Å². The minimum Gasteiger partial charge on any atom is -0.338 e. The van der Waals surface area contributed by atoms with Crippen LogP contribution in [-0.4, -0.2) is 39.1 Å². The quantitative estimate of drug-likeness (QED) is 0.843. The lowest BCUT2D eigenvalue weighted by atomic mass is 10.0. The molecule has 0 bridgehead atoms. The number of para-hydroxylation sites is 2. The van der Waals surface area contributed by atoms with Crippen molar-refractivity contribution in [2.24, 2.45) is 5.92 Å². The van der Waals surface area contributed by atoms with E-state index in [0.29, 0.717) is 11.0 Å². The molecule has 0 N–H and O–H groups in total. The molecule has 0 saturated carbocycles. The Morgan fingerprint density at radius 3 is 2.71 bits per heavy atom. The maximum Gasteiger partial charge on any atom is 0.393 e. The van der Waals surface area contributed by atoms with E-state index < -0.39 is 29.6 Å². The summed E-state index contributed by atoms with van der Waals surface area (Å²) in [4.78, 5) is 29.7. The van der Waals surface area contributed by atoms with Gasteiger partial charge in [-0.15, -0.1) is 0 Å². The van der Waals surface area contributed by atoms with Crippen LogP contribution >= 0.6 is 0 Å². The molecule has 3 rings (SSSR count). The number of nitrogens with zero attached hydrogens (tertiary/aromatic N) is 3. The van der Waals surface area contributed by atoms with Crippen molar-refractivity contribution in [3.63, 3.8) is 0 Å². The largest absolute Gasteiger partial charge is 0.393 e. The molecule has 24 heavy (non-hydrogen) atoms. The van der Waals surface area contributed by atoms with Crippen LogP contribution in [0.3, 0.4) is 0 Å². The number of carbonyl (C=O) groups excluding carboxylic acids is 1. The van der Waals surface area contributed by atoms with E-state index in [2.05, 4.69) is 4.98 Å². The molecule has 2 aromatic rings. The summed E-state index contributed by atoms with van der Waals surface area (Å²) in [6.07, 6.45) is -3.32. The normalized spacial score (nSPS) is 21.4. The third-order valence-corrected chi connectivity index (χ3v) is 4.54. The number of likely N-dealkylation sites (tertiary alicyclic amines) is 1. The van der Waals surface area contributed by atoms with Crippen LogP contribution in [0.4, 0.5) is 13.2 Å². The van der Waals surface area contributed by atoms with Gasteiger partial charge >= 0.3 is 6.18 Å². The SMILES string of the molecule is CC1C(C(F)(F)F)CCN1C(=O)Cn1c(=O)cnc2ccccc21. The van der Waals surface area contributed by atoms with Crippen molar-refractivity contribution in [3.8, 4) is 0 Å². The van der Waals surface area contributed by atoms with Gasteiger partial charge in [0.15, 0.2) is 0 Å². The standard InChI is InChI=1S/C16H16F3N3O2/c1-10-11(16(17,18)19)6-7-21(10)15(24)9-22-13-5-3-2-4-12(13)20-8-14(22)23/h2-5,8,10-11H,6-7,9H2,1H3. The highest BCUT2D eigenvalue weighted by Crippen LogP contribution is 2.38. The van der Waals surface area contributed by atoms with Crippen LogP contribution in [0.25, 0.3) is 11.0 Å². The maximum absolute atomic E-state index is 12.9. The predicted octanol–water partition coefficient (Wildman–Crippen LogP) is 2.20. The van der Waals surface area contributed by atoms with Crippen molar-refractivity contribution < 1.29 is 18.0 Å². The Bertz CT molecular complexity index is 831. The Morgan fingerprint density at radius 1 is 1.33 bits per heavy atom. The van der Waals surface area contributed by atoms with E-state index in [0.717, 1.165) is 6.20 Å². The van der Waals surface area contributed by atoms with Gasteiger partial charge in [-0.1, -0.05) is 12.1 Å². The highest BCUT2D eigenvalue weighted by atomic mass is 19.4. The number of hydrogen-bond acceptors (Lipinski definition) is 3. The summed E-state index contributed by atoms with van der Waals surface area (Å²) >= 11 is 0. The van der Waals surface area contributed by atoms with Crippen LogP contribution in [0.5, 0.6) is 0 Å². The molecule has 2 atom stereocenters. The molecule has 1 aromatic heterocycles. The Hall–Kier alpha value is -2.38. The lowest BCUT2D eigenvalue weighted by Gasteiger charge is -2.26. The first kappa shape index (κ1) is 16.5. The number of carbonyl (C=O) groups is 1. The second-order valence-electron chi connectivity index (χ2n) is 5.94. The summed E-state index contributed by atoms with van der Waals surface area (Å²) in [6, 6.07) is 5.89. The topological polar surface area (TPSA) is 55.2 Å². The van der Waals surface area contributed by atoms with E-state index in [1.54, 1.807) is 24.3 Å². The van der Waals surface area contributed by atoms with Gasteiger partial charge in [0.05, 0.1) is 23.1 Å². The van der Waals surface area contributed by atoms with E-state index in [1.165, 1.54) is 16.4 Å². The van der Waals surface area contributed by atoms with Crippen molar-refractivity contribution in [3.05, 3.63) is 40.8 Å². The molecule has 2 heterocycles. The fourth-order valence-electron chi connectivity index (χ4n) is 3.23. The zero-order chi connectivity index (χ0) is 17.5. The number of rotatable bonds is 2. The predicted molar refractivity (Wildman–Crippen MR) is 81.3 cm³/mol. The molecule has 1 aromatic carbocycles. The van der Waals surface area contributed by atoms with Gasteiger partial charge in [-0.3, -0.25) is 14.2 Å². The van der Waals surface area contributed by atoms with Crippen molar-refractivity contribution in [2.45, 2.75) is 32.1 Å². The number of halogens is 3. The fraction of sp³-hybridized carbons (Fsp3) is 0.438. The fourth-order valence-corrected chi connectivity index (χ4v) is 3.23. The second-order valence-corrected chi connectivity index (χ2v) is 5.94. The number of aromatic nitrogens is 2. The Labute approximate surface area is 135 Å². The number of hydrogen-bond donors (Lipinski definition) is 0. The average molecular weight is 339 g/mol. The van der Waals surface area contributed by atoms with E-state index in [1.807, 2.05) is 0 Å². The molecule has 1 saturated heterocycles. The van der Waals surface area contributed by atoms with Gasteiger partial charge in [0.2, 0.25) is 5.91 Å². The van der Waals surface area contributed by atoms with Crippen molar-refractivity contribution in [1.29, 1.82) is 0 Å². The number of benzene rings is 1. The molecule has 0 spiro atoms. The molecule has 0 aliphatic carbocycles. The highest BCUT2D eigenvalue weighted by Gasteiger charge is 2.49. The maximum atomic E-state index is 12.9. The number of fused-ring (bicyclic) bond motifs is 1. The first-order chi connectivity index (χ1) is 11.3. The van der Waals surface area contributed by atoms with E-state index in [-0.39, 0.29) is 19.5 Å². The number of amides is 1. The average Bonchev–Trinajstić information content (AvgIpc) is 2.92. The van der Waals surface area contributed by atoms with Gasteiger partial charge < -0.3 is 4.90 Å². The summed E-state index contributed by atoms with van der Waals surface area (Å²) < 4.78 is 40.1. The van der Waals surface area contributed by atoms with E-state index in [9.17, 15) is 22.8 Å².